The highest BCUT2D eigenvalue weighted by atomic mass is 32.1. The molecule has 0 unspecified atom stereocenters. The number of anilines is 2. The number of nitrogens with one attached hydrogen (secondary N) is 1. The molecule has 3 rings (SSSR count). The van der Waals surface area contributed by atoms with E-state index in [-0.39, 0.29) is 6.03 Å². The molecule has 22 heavy (non-hydrogen) atoms. The molecule has 1 saturated heterocycles. The molecule has 0 aliphatic carbocycles. The second kappa shape index (κ2) is 6.31. The zero-order chi connectivity index (χ0) is 15.5. The van der Waals surface area contributed by atoms with Gasteiger partial charge in [-0.15, -0.1) is 11.3 Å². The van der Waals surface area contributed by atoms with Crippen molar-refractivity contribution in [2.75, 3.05) is 36.4 Å². The van der Waals surface area contributed by atoms with E-state index in [1.54, 1.807) is 17.4 Å². The number of nitrogens with zero attached hydrogens (tertiary/aromatic N) is 4. The van der Waals surface area contributed by atoms with Crippen molar-refractivity contribution in [3.8, 4) is 0 Å². The highest BCUT2D eigenvalue weighted by molar-refractivity contribution is 7.13. The summed E-state index contributed by atoms with van der Waals surface area (Å²) < 4.78 is 0. The fraction of sp³-hybridized carbons (Fsp3) is 0.400. The van der Waals surface area contributed by atoms with E-state index in [0.717, 1.165) is 29.6 Å². The summed E-state index contributed by atoms with van der Waals surface area (Å²) in [5.74, 6) is 0.600. The molecule has 0 bridgehead atoms. The second-order valence-electron chi connectivity index (χ2n) is 5.34. The summed E-state index contributed by atoms with van der Waals surface area (Å²) in [6.45, 7) is 6.90. The first-order valence-corrected chi connectivity index (χ1v) is 8.16. The van der Waals surface area contributed by atoms with Gasteiger partial charge in [0.05, 0.1) is 5.69 Å². The molecule has 116 valence electrons. The minimum absolute atomic E-state index is 0.0898. The number of thiazole rings is 1. The molecule has 1 aliphatic heterocycles. The number of hydrogen-bond acceptors (Lipinski definition) is 5. The van der Waals surface area contributed by atoms with Crippen LogP contribution in [-0.2, 0) is 0 Å². The topological polar surface area (TPSA) is 61.4 Å². The van der Waals surface area contributed by atoms with Crippen LogP contribution in [0.25, 0.3) is 0 Å². The number of carbonyl (C=O) groups excluding carboxylic acids is 1. The Balaban J connectivity index is 1.55. The van der Waals surface area contributed by atoms with Crippen LogP contribution in [0.1, 0.15) is 11.4 Å². The average Bonchev–Trinajstić information content (AvgIpc) is 2.94. The maximum atomic E-state index is 12.3. The van der Waals surface area contributed by atoms with Crippen molar-refractivity contribution in [2.45, 2.75) is 13.8 Å². The lowest BCUT2D eigenvalue weighted by Gasteiger charge is -2.34. The van der Waals surface area contributed by atoms with Crippen molar-refractivity contribution in [1.29, 1.82) is 0 Å². The van der Waals surface area contributed by atoms with Crippen LogP contribution in [0, 0.1) is 13.8 Å². The number of hydrogen-bond donors (Lipinski definition) is 1. The van der Waals surface area contributed by atoms with E-state index in [0.29, 0.717) is 18.9 Å². The zero-order valence-electron chi connectivity index (χ0n) is 12.7. The Labute approximate surface area is 133 Å². The minimum atomic E-state index is -0.0898. The molecule has 0 atom stereocenters. The number of pyridine rings is 1. The highest BCUT2D eigenvalue weighted by Crippen LogP contribution is 2.21. The van der Waals surface area contributed by atoms with E-state index < -0.39 is 0 Å². The number of aromatic nitrogens is 2. The monoisotopic (exact) mass is 317 g/mol. The molecule has 1 fully saturated rings. The quantitative estimate of drug-likeness (QED) is 0.924. The van der Waals surface area contributed by atoms with Crippen molar-refractivity contribution in [3.63, 3.8) is 0 Å². The zero-order valence-corrected chi connectivity index (χ0v) is 13.6. The fourth-order valence-electron chi connectivity index (χ4n) is 2.39. The van der Waals surface area contributed by atoms with Gasteiger partial charge in [0, 0.05) is 37.3 Å². The molecule has 1 aliphatic rings. The van der Waals surface area contributed by atoms with Crippen LogP contribution in [0.3, 0.4) is 0 Å². The Morgan fingerprint density at radius 2 is 1.91 bits per heavy atom. The Morgan fingerprint density at radius 3 is 2.55 bits per heavy atom. The van der Waals surface area contributed by atoms with E-state index in [9.17, 15) is 4.79 Å². The first-order chi connectivity index (χ1) is 10.6. The normalized spacial score (nSPS) is 15.0. The van der Waals surface area contributed by atoms with E-state index in [1.165, 1.54) is 0 Å². The fourth-order valence-corrected chi connectivity index (χ4v) is 3.25. The van der Waals surface area contributed by atoms with Gasteiger partial charge in [0.25, 0.3) is 0 Å². The van der Waals surface area contributed by atoms with Crippen LogP contribution in [-0.4, -0.2) is 47.1 Å². The Morgan fingerprint density at radius 1 is 1.14 bits per heavy atom. The van der Waals surface area contributed by atoms with Crippen LogP contribution >= 0.6 is 11.3 Å². The highest BCUT2D eigenvalue weighted by Gasteiger charge is 2.22. The van der Waals surface area contributed by atoms with Crippen LogP contribution in [0.5, 0.6) is 0 Å². The van der Waals surface area contributed by atoms with E-state index >= 15 is 0 Å². The van der Waals surface area contributed by atoms with Crippen LogP contribution in [0.2, 0.25) is 0 Å². The lowest BCUT2D eigenvalue weighted by Crippen LogP contribution is -2.50. The number of urea groups is 1. The average molecular weight is 317 g/mol. The Bertz CT molecular complexity index is 663. The molecule has 0 saturated carbocycles. The SMILES string of the molecule is Cc1cccc(NC(=O)N2CCN(c3nc(C)cs3)CC2)n1. The molecule has 7 heteroatoms. The molecule has 0 aromatic carbocycles. The molecular formula is C15H19N5OS. The molecule has 2 amide bonds. The van der Waals surface area contributed by atoms with Crippen molar-refractivity contribution >= 4 is 28.3 Å². The van der Waals surface area contributed by atoms with E-state index in [4.69, 9.17) is 0 Å². The predicted molar refractivity (Wildman–Crippen MR) is 88.6 cm³/mol. The molecule has 3 heterocycles. The van der Waals surface area contributed by atoms with E-state index in [2.05, 4.69) is 25.6 Å². The molecule has 1 N–H and O–H groups in total. The van der Waals surface area contributed by atoms with Gasteiger partial charge in [-0.2, -0.15) is 0 Å². The van der Waals surface area contributed by atoms with Crippen molar-refractivity contribution in [1.82, 2.24) is 14.9 Å². The minimum Gasteiger partial charge on any atom is -0.345 e. The van der Waals surface area contributed by atoms with Gasteiger partial charge in [-0.1, -0.05) is 6.07 Å². The maximum absolute atomic E-state index is 12.3. The van der Waals surface area contributed by atoms with Crippen molar-refractivity contribution in [2.24, 2.45) is 0 Å². The van der Waals surface area contributed by atoms with Gasteiger partial charge < -0.3 is 9.80 Å². The molecular weight excluding hydrogens is 298 g/mol. The Hall–Kier alpha value is -2.15. The largest absolute Gasteiger partial charge is 0.345 e. The summed E-state index contributed by atoms with van der Waals surface area (Å²) in [6.07, 6.45) is 0. The van der Waals surface area contributed by atoms with Crippen molar-refractivity contribution in [3.05, 3.63) is 35.0 Å². The van der Waals surface area contributed by atoms with Gasteiger partial charge in [-0.3, -0.25) is 5.32 Å². The van der Waals surface area contributed by atoms with Crippen molar-refractivity contribution < 1.29 is 4.79 Å². The Kier molecular flexibility index (Phi) is 4.24. The summed E-state index contributed by atoms with van der Waals surface area (Å²) >= 11 is 1.66. The van der Waals surface area contributed by atoms with Crippen LogP contribution < -0.4 is 10.2 Å². The molecule has 2 aromatic rings. The van der Waals surface area contributed by atoms with Crippen LogP contribution in [0.4, 0.5) is 15.7 Å². The number of aryl methyl sites for hydroxylation is 2. The standard InChI is InChI=1S/C15H19N5OS/c1-11-4-3-5-13(16-11)18-14(21)19-6-8-20(9-7-19)15-17-12(2)10-22-15/h3-5,10H,6-9H2,1-2H3,(H,16,18,21). The smallest absolute Gasteiger partial charge is 0.323 e. The van der Waals surface area contributed by atoms with Gasteiger partial charge in [-0.25, -0.2) is 14.8 Å². The maximum Gasteiger partial charge on any atom is 0.323 e. The third-order valence-electron chi connectivity index (χ3n) is 3.57. The number of amides is 2. The lowest BCUT2D eigenvalue weighted by molar-refractivity contribution is 0.208. The predicted octanol–water partition coefficient (Wildman–Crippen LogP) is 2.51. The lowest BCUT2D eigenvalue weighted by atomic mass is 10.3. The molecule has 0 radical (unpaired) electrons. The van der Waals surface area contributed by atoms with Gasteiger partial charge >= 0.3 is 6.03 Å². The van der Waals surface area contributed by atoms with E-state index in [1.807, 2.05) is 30.9 Å². The van der Waals surface area contributed by atoms with Gasteiger partial charge in [0.1, 0.15) is 5.82 Å². The third kappa shape index (κ3) is 3.36. The second-order valence-corrected chi connectivity index (χ2v) is 6.18. The van der Waals surface area contributed by atoms with Crippen LogP contribution in [0.15, 0.2) is 23.6 Å². The van der Waals surface area contributed by atoms with Gasteiger partial charge in [0.2, 0.25) is 0 Å². The first-order valence-electron chi connectivity index (χ1n) is 7.28. The summed E-state index contributed by atoms with van der Waals surface area (Å²) in [5.41, 5.74) is 1.94. The summed E-state index contributed by atoms with van der Waals surface area (Å²) in [7, 11) is 0. The first kappa shape index (κ1) is 14.8. The third-order valence-corrected chi connectivity index (χ3v) is 4.59. The number of carbonyl (C=O) groups is 1. The summed E-state index contributed by atoms with van der Waals surface area (Å²) in [4.78, 5) is 25.1. The van der Waals surface area contributed by atoms with Gasteiger partial charge in [0.15, 0.2) is 5.13 Å². The molecule has 2 aromatic heterocycles. The number of rotatable bonds is 2. The molecule has 0 spiro atoms. The molecule has 6 nitrogen and oxygen atoms in total. The van der Waals surface area contributed by atoms with Gasteiger partial charge in [-0.05, 0) is 26.0 Å². The summed E-state index contributed by atoms with van der Waals surface area (Å²) in [5, 5.41) is 5.95. The number of piperazine rings is 1. The summed E-state index contributed by atoms with van der Waals surface area (Å²) in [6, 6.07) is 5.51.